The van der Waals surface area contributed by atoms with Crippen molar-refractivity contribution in [1.29, 1.82) is 0 Å². The molecule has 0 saturated heterocycles. The Morgan fingerprint density at radius 3 is 2.48 bits per heavy atom. The van der Waals surface area contributed by atoms with E-state index < -0.39 is 11.7 Å². The SMILES string of the molecule is COc1cc(F)cc(OC)c1NC(=O)c1ccc(Cc2cc3c(cc2C)CCCC3(C)C)o1. The molecule has 5 nitrogen and oxygen atoms in total. The third-order valence-electron chi connectivity index (χ3n) is 6.50. The molecule has 1 amide bonds. The van der Waals surface area contributed by atoms with Crippen molar-refractivity contribution in [3.05, 3.63) is 76.0 Å². The number of carbonyl (C=O) groups excluding carboxylic acids is 1. The van der Waals surface area contributed by atoms with Crippen LogP contribution in [-0.4, -0.2) is 20.1 Å². The molecule has 0 unspecified atom stereocenters. The molecule has 0 spiro atoms. The summed E-state index contributed by atoms with van der Waals surface area (Å²) in [6.45, 7) is 6.73. The lowest BCUT2D eigenvalue weighted by molar-refractivity contribution is 0.0994. The Morgan fingerprint density at radius 2 is 1.82 bits per heavy atom. The Kier molecular flexibility index (Phi) is 6.19. The number of amides is 1. The van der Waals surface area contributed by atoms with Gasteiger partial charge in [-0.05, 0) is 66.0 Å². The Morgan fingerprint density at radius 1 is 1.12 bits per heavy atom. The topological polar surface area (TPSA) is 60.7 Å². The highest BCUT2D eigenvalue weighted by atomic mass is 19.1. The minimum atomic E-state index is -0.523. The van der Waals surface area contributed by atoms with Crippen molar-refractivity contribution in [1.82, 2.24) is 0 Å². The molecule has 0 saturated carbocycles. The van der Waals surface area contributed by atoms with Gasteiger partial charge in [0, 0.05) is 18.6 Å². The van der Waals surface area contributed by atoms with Gasteiger partial charge in [0.15, 0.2) is 5.76 Å². The lowest BCUT2D eigenvalue weighted by Crippen LogP contribution is -2.24. The van der Waals surface area contributed by atoms with E-state index in [4.69, 9.17) is 13.9 Å². The number of hydrogen-bond donors (Lipinski definition) is 1. The first kappa shape index (κ1) is 22.9. The number of methoxy groups -OCH3 is 2. The largest absolute Gasteiger partial charge is 0.494 e. The number of nitrogens with one attached hydrogen (secondary N) is 1. The Balaban J connectivity index is 1.56. The van der Waals surface area contributed by atoms with E-state index in [1.807, 2.05) is 6.07 Å². The van der Waals surface area contributed by atoms with E-state index in [1.54, 1.807) is 6.07 Å². The highest BCUT2D eigenvalue weighted by molar-refractivity contribution is 6.04. The molecule has 6 heteroatoms. The van der Waals surface area contributed by atoms with Crippen LogP contribution in [-0.2, 0) is 18.3 Å². The lowest BCUT2D eigenvalue weighted by atomic mass is 9.71. The van der Waals surface area contributed by atoms with Gasteiger partial charge in [0.1, 0.15) is 28.8 Å². The van der Waals surface area contributed by atoms with E-state index in [0.717, 1.165) is 6.42 Å². The fourth-order valence-electron chi connectivity index (χ4n) is 4.66. The summed E-state index contributed by atoms with van der Waals surface area (Å²) in [6, 6.07) is 10.4. The average molecular weight is 452 g/mol. The number of carbonyl (C=O) groups is 1. The number of furan rings is 1. The number of ether oxygens (including phenoxy) is 2. The third-order valence-corrected chi connectivity index (χ3v) is 6.50. The molecule has 1 aliphatic rings. The summed E-state index contributed by atoms with van der Waals surface area (Å²) < 4.78 is 30.0. The zero-order chi connectivity index (χ0) is 23.8. The van der Waals surface area contributed by atoms with Crippen molar-refractivity contribution in [3.63, 3.8) is 0 Å². The van der Waals surface area contributed by atoms with Gasteiger partial charge in [0.2, 0.25) is 0 Å². The van der Waals surface area contributed by atoms with Crippen molar-refractivity contribution in [2.24, 2.45) is 0 Å². The van der Waals surface area contributed by atoms with Gasteiger partial charge in [0.25, 0.3) is 5.91 Å². The zero-order valence-electron chi connectivity index (χ0n) is 19.8. The van der Waals surface area contributed by atoms with Crippen LogP contribution in [0.1, 0.15) is 65.3 Å². The maximum absolute atomic E-state index is 13.7. The number of fused-ring (bicyclic) bond motifs is 1. The van der Waals surface area contributed by atoms with E-state index >= 15 is 0 Å². The molecule has 0 aliphatic heterocycles. The van der Waals surface area contributed by atoms with Crippen LogP contribution in [0, 0.1) is 12.7 Å². The minimum absolute atomic E-state index is 0.161. The third kappa shape index (κ3) is 4.61. The fourth-order valence-corrected chi connectivity index (χ4v) is 4.66. The molecule has 0 fully saturated rings. The fraction of sp³-hybridized carbons (Fsp3) is 0.370. The summed E-state index contributed by atoms with van der Waals surface area (Å²) in [4.78, 5) is 12.8. The second kappa shape index (κ2) is 8.93. The van der Waals surface area contributed by atoms with Gasteiger partial charge in [-0.2, -0.15) is 0 Å². The van der Waals surface area contributed by atoms with Crippen LogP contribution in [0.5, 0.6) is 11.5 Å². The van der Waals surface area contributed by atoms with Crippen LogP contribution in [0.25, 0.3) is 0 Å². The highest BCUT2D eigenvalue weighted by Gasteiger charge is 2.28. The molecular weight excluding hydrogens is 421 g/mol. The average Bonchev–Trinajstić information content (AvgIpc) is 3.24. The van der Waals surface area contributed by atoms with Crippen LogP contribution in [0.2, 0.25) is 0 Å². The maximum atomic E-state index is 13.7. The number of rotatable bonds is 6. The Bertz CT molecular complexity index is 1170. The molecule has 1 heterocycles. The van der Waals surface area contributed by atoms with E-state index in [0.29, 0.717) is 12.2 Å². The molecular formula is C27H30FNO4. The van der Waals surface area contributed by atoms with Gasteiger partial charge in [-0.1, -0.05) is 26.0 Å². The normalized spacial score (nSPS) is 14.5. The molecule has 174 valence electrons. The van der Waals surface area contributed by atoms with Crippen LogP contribution in [0.4, 0.5) is 10.1 Å². The van der Waals surface area contributed by atoms with Gasteiger partial charge in [-0.25, -0.2) is 4.39 Å². The van der Waals surface area contributed by atoms with Crippen LogP contribution in [0.3, 0.4) is 0 Å². The van der Waals surface area contributed by atoms with Crippen molar-refractivity contribution in [3.8, 4) is 11.5 Å². The van der Waals surface area contributed by atoms with Gasteiger partial charge in [-0.15, -0.1) is 0 Å². The van der Waals surface area contributed by atoms with Gasteiger partial charge in [-0.3, -0.25) is 4.79 Å². The molecule has 1 aromatic heterocycles. The summed E-state index contributed by atoms with van der Waals surface area (Å²) >= 11 is 0. The van der Waals surface area contributed by atoms with E-state index in [9.17, 15) is 9.18 Å². The molecule has 0 bridgehead atoms. The van der Waals surface area contributed by atoms with Crippen molar-refractivity contribution in [2.75, 3.05) is 19.5 Å². The van der Waals surface area contributed by atoms with Gasteiger partial charge in [0.05, 0.1) is 14.2 Å². The molecule has 1 N–H and O–H groups in total. The van der Waals surface area contributed by atoms with Crippen molar-refractivity contribution < 1.29 is 23.1 Å². The first-order valence-electron chi connectivity index (χ1n) is 11.2. The predicted octanol–water partition coefficient (Wildman–Crippen LogP) is 6.20. The zero-order valence-corrected chi connectivity index (χ0v) is 19.8. The van der Waals surface area contributed by atoms with Crippen LogP contribution < -0.4 is 14.8 Å². The monoisotopic (exact) mass is 451 g/mol. The van der Waals surface area contributed by atoms with Gasteiger partial charge >= 0.3 is 0 Å². The minimum Gasteiger partial charge on any atom is -0.494 e. The summed E-state index contributed by atoms with van der Waals surface area (Å²) in [5, 5.41) is 2.72. The number of benzene rings is 2. The van der Waals surface area contributed by atoms with Crippen molar-refractivity contribution >= 4 is 11.6 Å². The number of anilines is 1. The molecule has 1 aliphatic carbocycles. The summed E-state index contributed by atoms with van der Waals surface area (Å²) in [5.41, 5.74) is 5.69. The predicted molar refractivity (Wildman–Crippen MR) is 126 cm³/mol. The molecule has 33 heavy (non-hydrogen) atoms. The van der Waals surface area contributed by atoms with Crippen LogP contribution in [0.15, 0.2) is 40.8 Å². The molecule has 4 rings (SSSR count). The quantitative estimate of drug-likeness (QED) is 0.485. The smallest absolute Gasteiger partial charge is 0.291 e. The van der Waals surface area contributed by atoms with E-state index in [-0.39, 0.29) is 28.4 Å². The second-order valence-corrected chi connectivity index (χ2v) is 9.26. The highest BCUT2D eigenvalue weighted by Crippen LogP contribution is 2.39. The maximum Gasteiger partial charge on any atom is 0.291 e. The molecule has 0 atom stereocenters. The first-order chi connectivity index (χ1) is 15.7. The molecule has 0 radical (unpaired) electrons. The van der Waals surface area contributed by atoms with E-state index in [1.165, 1.54) is 61.4 Å². The summed E-state index contributed by atoms with van der Waals surface area (Å²) in [7, 11) is 2.80. The summed E-state index contributed by atoms with van der Waals surface area (Å²) in [5.74, 6) is 0.209. The first-order valence-corrected chi connectivity index (χ1v) is 11.2. The van der Waals surface area contributed by atoms with Crippen molar-refractivity contribution in [2.45, 2.75) is 51.9 Å². The number of aryl methyl sites for hydroxylation is 2. The lowest BCUT2D eigenvalue weighted by Gasteiger charge is -2.33. The second-order valence-electron chi connectivity index (χ2n) is 9.26. The Hall–Kier alpha value is -3.28. The summed E-state index contributed by atoms with van der Waals surface area (Å²) in [6.07, 6.45) is 4.13. The Labute approximate surface area is 193 Å². The van der Waals surface area contributed by atoms with Crippen LogP contribution >= 0.6 is 0 Å². The number of hydrogen-bond acceptors (Lipinski definition) is 4. The molecule has 3 aromatic rings. The van der Waals surface area contributed by atoms with Gasteiger partial charge < -0.3 is 19.2 Å². The standard InChI is InChI=1S/C27H30FNO4/c1-16-11-17-7-6-10-27(2,3)21(17)13-18(16)12-20-8-9-22(33-20)26(30)29-25-23(31-4)14-19(28)15-24(25)32-5/h8-9,11,13-15H,6-7,10,12H2,1-5H3,(H,29,30). The number of halogens is 1. The molecule has 2 aromatic carbocycles. The van der Waals surface area contributed by atoms with E-state index in [2.05, 4.69) is 38.2 Å².